The molecule has 0 aliphatic heterocycles. The Balaban J connectivity index is 2.77. The monoisotopic (exact) mass is 394 g/mol. The van der Waals surface area contributed by atoms with Crippen LogP contribution in [0.2, 0.25) is 0 Å². The number of alkyl carbamates (subject to hydrolysis) is 1. The maximum Gasteiger partial charge on any atom is 0.408 e. The molecule has 0 bridgehead atoms. The van der Waals surface area contributed by atoms with Crippen LogP contribution in [0, 0.1) is 0 Å². The minimum atomic E-state index is -0.821. The fraction of sp³-hybridized carbons (Fsp3) is 0.619. The molecule has 0 aliphatic carbocycles. The molecule has 0 saturated carbocycles. The van der Waals surface area contributed by atoms with Crippen molar-refractivity contribution in [2.75, 3.05) is 6.54 Å². The third-order valence-corrected chi connectivity index (χ3v) is 3.32. The van der Waals surface area contributed by atoms with Gasteiger partial charge in [-0.25, -0.2) is 4.79 Å². The first kappa shape index (κ1) is 24.1. The summed E-state index contributed by atoms with van der Waals surface area (Å²) < 4.78 is 5.23. The first-order chi connectivity index (χ1) is 12.9. The summed E-state index contributed by atoms with van der Waals surface area (Å²) in [6, 6.07) is 8.52. The highest BCUT2D eigenvalue weighted by molar-refractivity contribution is 5.87. The number of hydroxylamine groups is 2. The summed E-state index contributed by atoms with van der Waals surface area (Å²) in [5, 5.41) is 3.90. The second-order valence-corrected chi connectivity index (χ2v) is 8.50. The Hall–Kier alpha value is -1.96. The predicted octanol–water partition coefficient (Wildman–Crippen LogP) is 4.02. The van der Waals surface area contributed by atoms with Crippen LogP contribution in [-0.4, -0.2) is 40.9 Å². The van der Waals surface area contributed by atoms with Gasteiger partial charge in [-0.3, -0.25) is 14.5 Å². The molecule has 28 heavy (non-hydrogen) atoms. The molecule has 0 saturated heterocycles. The molecular weight excluding hydrogens is 360 g/mol. The van der Waals surface area contributed by atoms with Gasteiger partial charge < -0.3 is 10.1 Å². The standard InChI is InChI=1S/C21H34N2O5/c1-8-18(24)17(14-23(27-20(2,3)4)28-21(5,6)7)22-19(25)26-15-16-12-10-9-11-13-16/h9-13,17H,8,14-15H2,1-7H3,(H,22,25). The van der Waals surface area contributed by atoms with E-state index < -0.39 is 23.3 Å². The SMILES string of the molecule is CCC(=O)C(CN(OC(C)(C)C)OC(C)(C)C)NC(=O)OCc1ccccc1. The lowest BCUT2D eigenvalue weighted by Crippen LogP contribution is -2.51. The number of nitrogens with zero attached hydrogens (tertiary/aromatic N) is 1. The molecule has 1 N–H and O–H groups in total. The molecule has 1 unspecified atom stereocenters. The van der Waals surface area contributed by atoms with E-state index in [1.807, 2.05) is 71.9 Å². The quantitative estimate of drug-likeness (QED) is 0.638. The van der Waals surface area contributed by atoms with E-state index in [0.717, 1.165) is 5.56 Å². The number of hydrogen-bond donors (Lipinski definition) is 1. The van der Waals surface area contributed by atoms with Crippen LogP contribution < -0.4 is 5.32 Å². The summed E-state index contributed by atoms with van der Waals surface area (Å²) in [5.74, 6) is -0.142. The van der Waals surface area contributed by atoms with E-state index in [2.05, 4.69) is 5.32 Å². The summed E-state index contributed by atoms with van der Waals surface area (Å²) in [7, 11) is 0. The van der Waals surface area contributed by atoms with Crippen LogP contribution in [0.3, 0.4) is 0 Å². The topological polar surface area (TPSA) is 77.1 Å². The second-order valence-electron chi connectivity index (χ2n) is 8.50. The van der Waals surface area contributed by atoms with Gasteiger partial charge in [0.1, 0.15) is 12.6 Å². The molecule has 7 nitrogen and oxygen atoms in total. The Bertz CT molecular complexity index is 604. The Morgan fingerprint density at radius 2 is 1.54 bits per heavy atom. The maximum atomic E-state index is 12.4. The number of ether oxygens (including phenoxy) is 1. The molecule has 0 radical (unpaired) electrons. The normalized spacial score (nSPS) is 13.3. The molecule has 0 spiro atoms. The Morgan fingerprint density at radius 3 is 2.00 bits per heavy atom. The number of carbonyl (C=O) groups is 2. The van der Waals surface area contributed by atoms with Crippen LogP contribution in [0.1, 0.15) is 60.5 Å². The van der Waals surface area contributed by atoms with E-state index in [1.165, 1.54) is 5.23 Å². The van der Waals surface area contributed by atoms with Crippen molar-refractivity contribution in [2.24, 2.45) is 0 Å². The van der Waals surface area contributed by atoms with Crippen molar-refractivity contribution in [3.63, 3.8) is 0 Å². The highest BCUT2D eigenvalue weighted by Gasteiger charge is 2.29. The molecule has 0 aliphatic rings. The number of carbonyl (C=O) groups excluding carboxylic acids is 2. The van der Waals surface area contributed by atoms with Crippen LogP contribution in [0.25, 0.3) is 0 Å². The third-order valence-electron chi connectivity index (χ3n) is 3.32. The summed E-state index contributed by atoms with van der Waals surface area (Å²) in [5.41, 5.74) is -0.192. The molecule has 1 aromatic carbocycles. The van der Waals surface area contributed by atoms with Crippen LogP contribution in [0.5, 0.6) is 0 Å². The molecule has 1 atom stereocenters. The van der Waals surface area contributed by atoms with Gasteiger partial charge >= 0.3 is 6.09 Å². The molecule has 1 rings (SSSR count). The molecule has 7 heteroatoms. The summed E-state index contributed by atoms with van der Waals surface area (Å²) in [4.78, 5) is 36.2. The molecule has 0 aromatic heterocycles. The smallest absolute Gasteiger partial charge is 0.408 e. The first-order valence-corrected chi connectivity index (χ1v) is 9.55. The zero-order chi connectivity index (χ0) is 21.4. The Labute approximate surface area is 168 Å². The second kappa shape index (κ2) is 10.5. The van der Waals surface area contributed by atoms with E-state index >= 15 is 0 Å². The van der Waals surface area contributed by atoms with E-state index in [1.54, 1.807) is 6.92 Å². The molecule has 0 heterocycles. The van der Waals surface area contributed by atoms with E-state index in [0.29, 0.717) is 0 Å². The van der Waals surface area contributed by atoms with Crippen LogP contribution in [-0.2, 0) is 25.8 Å². The van der Waals surface area contributed by atoms with Crippen molar-refractivity contribution in [2.45, 2.75) is 78.7 Å². The zero-order valence-electron chi connectivity index (χ0n) is 18.1. The van der Waals surface area contributed by atoms with Crippen LogP contribution in [0.4, 0.5) is 4.79 Å². The van der Waals surface area contributed by atoms with Gasteiger partial charge in [0.25, 0.3) is 0 Å². The fourth-order valence-electron chi connectivity index (χ4n) is 2.23. The number of amides is 1. The lowest BCUT2D eigenvalue weighted by molar-refractivity contribution is -0.429. The first-order valence-electron chi connectivity index (χ1n) is 9.55. The largest absolute Gasteiger partial charge is 0.445 e. The Kier molecular flexibility index (Phi) is 9.07. The third kappa shape index (κ3) is 10.4. The Morgan fingerprint density at radius 1 is 1.00 bits per heavy atom. The van der Waals surface area contributed by atoms with Gasteiger partial charge in [-0.2, -0.15) is 0 Å². The summed E-state index contributed by atoms with van der Waals surface area (Å²) in [6.45, 7) is 13.2. The van der Waals surface area contributed by atoms with Gasteiger partial charge in [0.15, 0.2) is 5.78 Å². The number of benzene rings is 1. The minimum absolute atomic E-state index is 0.0433. The van der Waals surface area contributed by atoms with Gasteiger partial charge in [0, 0.05) is 6.42 Å². The zero-order valence-corrected chi connectivity index (χ0v) is 18.1. The lowest BCUT2D eigenvalue weighted by Gasteiger charge is -2.35. The molecule has 158 valence electrons. The fourth-order valence-corrected chi connectivity index (χ4v) is 2.23. The summed E-state index contributed by atoms with van der Waals surface area (Å²) >= 11 is 0. The highest BCUT2D eigenvalue weighted by atomic mass is 17.0. The number of nitrogens with one attached hydrogen (secondary N) is 1. The molecule has 1 amide bonds. The minimum Gasteiger partial charge on any atom is -0.445 e. The maximum absolute atomic E-state index is 12.4. The molecular formula is C21H34N2O5. The number of ketones is 1. The van der Waals surface area contributed by atoms with E-state index in [9.17, 15) is 9.59 Å². The van der Waals surface area contributed by atoms with Crippen molar-refractivity contribution in [3.8, 4) is 0 Å². The average Bonchev–Trinajstić information content (AvgIpc) is 2.56. The van der Waals surface area contributed by atoms with E-state index in [4.69, 9.17) is 14.4 Å². The molecule has 1 aromatic rings. The van der Waals surface area contributed by atoms with Crippen molar-refractivity contribution in [1.82, 2.24) is 10.5 Å². The predicted molar refractivity (Wildman–Crippen MR) is 107 cm³/mol. The van der Waals surface area contributed by atoms with Gasteiger partial charge in [0.2, 0.25) is 0 Å². The van der Waals surface area contributed by atoms with Gasteiger partial charge in [-0.1, -0.05) is 42.5 Å². The number of hydrogen-bond acceptors (Lipinski definition) is 6. The van der Waals surface area contributed by atoms with Crippen molar-refractivity contribution in [1.29, 1.82) is 0 Å². The highest BCUT2D eigenvalue weighted by Crippen LogP contribution is 2.17. The van der Waals surface area contributed by atoms with Crippen molar-refractivity contribution < 1.29 is 24.0 Å². The van der Waals surface area contributed by atoms with Gasteiger partial charge in [-0.15, -0.1) is 0 Å². The summed E-state index contributed by atoms with van der Waals surface area (Å²) in [6.07, 6.45) is -0.398. The van der Waals surface area contributed by atoms with Gasteiger partial charge in [0.05, 0.1) is 17.7 Å². The van der Waals surface area contributed by atoms with Crippen LogP contribution >= 0.6 is 0 Å². The lowest BCUT2D eigenvalue weighted by atomic mass is 10.1. The van der Waals surface area contributed by atoms with Crippen LogP contribution in [0.15, 0.2) is 30.3 Å². The van der Waals surface area contributed by atoms with Gasteiger partial charge in [-0.05, 0) is 47.1 Å². The van der Waals surface area contributed by atoms with Crippen molar-refractivity contribution in [3.05, 3.63) is 35.9 Å². The van der Waals surface area contributed by atoms with E-state index in [-0.39, 0.29) is 25.4 Å². The van der Waals surface area contributed by atoms with Crippen molar-refractivity contribution >= 4 is 11.9 Å². The molecule has 0 fully saturated rings. The number of Topliss-reactive ketones (excluding diaryl/α,β-unsaturated/α-hetero) is 1. The number of rotatable bonds is 9. The average molecular weight is 395 g/mol.